The van der Waals surface area contributed by atoms with Crippen molar-refractivity contribution in [3.63, 3.8) is 0 Å². The Hall–Kier alpha value is -2.25. The Morgan fingerprint density at radius 3 is 2.74 bits per heavy atom. The molecule has 1 saturated heterocycles. The molecule has 0 bridgehead atoms. The Morgan fingerprint density at radius 1 is 1.04 bits per heavy atom. The van der Waals surface area contributed by atoms with Crippen LogP contribution >= 0.6 is 22.9 Å². The van der Waals surface area contributed by atoms with Crippen LogP contribution in [0.4, 0.5) is 5.13 Å². The zero-order chi connectivity index (χ0) is 18.5. The summed E-state index contributed by atoms with van der Waals surface area (Å²) in [5.41, 5.74) is 1.23. The van der Waals surface area contributed by atoms with Gasteiger partial charge in [-0.1, -0.05) is 36.4 Å². The van der Waals surface area contributed by atoms with E-state index in [9.17, 15) is 4.79 Å². The first kappa shape index (κ1) is 18.1. The summed E-state index contributed by atoms with van der Waals surface area (Å²) in [6.45, 7) is 3.30. The van der Waals surface area contributed by atoms with Crippen LogP contribution in [-0.2, 0) is 17.6 Å². The molecule has 0 N–H and O–H groups in total. The van der Waals surface area contributed by atoms with Gasteiger partial charge >= 0.3 is 0 Å². The molecule has 0 radical (unpaired) electrons. The highest BCUT2D eigenvalue weighted by atomic mass is 32.1. The molecule has 0 saturated carbocycles. The van der Waals surface area contributed by atoms with E-state index in [1.54, 1.807) is 11.3 Å². The second-order valence-electron chi connectivity index (χ2n) is 6.63. The third kappa shape index (κ3) is 4.73. The molecule has 5 nitrogen and oxygen atoms in total. The van der Waals surface area contributed by atoms with Crippen LogP contribution in [0.1, 0.15) is 22.7 Å². The topological polar surface area (TPSA) is 49.3 Å². The van der Waals surface area contributed by atoms with Crippen LogP contribution in [0.5, 0.6) is 0 Å². The predicted molar refractivity (Wildman–Crippen MR) is 111 cm³/mol. The lowest BCUT2D eigenvalue weighted by atomic mass is 10.1. The van der Waals surface area contributed by atoms with E-state index in [0.29, 0.717) is 6.42 Å². The molecule has 0 spiro atoms. The van der Waals surface area contributed by atoms with Crippen molar-refractivity contribution in [2.24, 2.45) is 0 Å². The average molecular weight is 399 g/mol. The largest absolute Gasteiger partial charge is 0.345 e. The third-order valence-electron chi connectivity index (χ3n) is 4.69. The van der Waals surface area contributed by atoms with Crippen molar-refractivity contribution >= 4 is 33.9 Å². The van der Waals surface area contributed by atoms with Crippen LogP contribution in [-0.4, -0.2) is 46.3 Å². The molecule has 1 aliphatic heterocycles. The zero-order valence-corrected chi connectivity index (χ0v) is 16.7. The minimum absolute atomic E-state index is 0.223. The maximum Gasteiger partial charge on any atom is 0.227 e. The van der Waals surface area contributed by atoms with Gasteiger partial charge in [-0.2, -0.15) is 4.37 Å². The van der Waals surface area contributed by atoms with Crippen molar-refractivity contribution in [2.75, 3.05) is 31.1 Å². The molecule has 1 fully saturated rings. The van der Waals surface area contributed by atoms with Crippen molar-refractivity contribution in [1.29, 1.82) is 0 Å². The number of rotatable bonds is 5. The molecule has 1 amide bonds. The van der Waals surface area contributed by atoms with Gasteiger partial charge in [0.05, 0.1) is 6.42 Å². The average Bonchev–Trinajstić information content (AvgIpc) is 3.29. The number of nitrogens with zero attached hydrogens (tertiary/aromatic N) is 4. The molecule has 7 heteroatoms. The van der Waals surface area contributed by atoms with E-state index < -0.39 is 0 Å². The van der Waals surface area contributed by atoms with Gasteiger partial charge in [-0.3, -0.25) is 4.79 Å². The smallest absolute Gasteiger partial charge is 0.227 e. The summed E-state index contributed by atoms with van der Waals surface area (Å²) in [6.07, 6.45) is 2.23. The third-order valence-corrected chi connectivity index (χ3v) is 6.38. The van der Waals surface area contributed by atoms with Gasteiger partial charge in [0.2, 0.25) is 11.0 Å². The predicted octanol–water partition coefficient (Wildman–Crippen LogP) is 3.47. The minimum atomic E-state index is 0.223. The van der Waals surface area contributed by atoms with Crippen molar-refractivity contribution in [3.05, 3.63) is 64.1 Å². The van der Waals surface area contributed by atoms with Crippen LogP contribution < -0.4 is 4.90 Å². The lowest BCUT2D eigenvalue weighted by Crippen LogP contribution is -2.36. The lowest BCUT2D eigenvalue weighted by molar-refractivity contribution is -0.130. The molecule has 3 heterocycles. The second-order valence-corrected chi connectivity index (χ2v) is 8.40. The van der Waals surface area contributed by atoms with Gasteiger partial charge in [0, 0.05) is 49.0 Å². The molecule has 2 aromatic heterocycles. The molecular weight excluding hydrogens is 376 g/mol. The summed E-state index contributed by atoms with van der Waals surface area (Å²) in [5, 5.41) is 2.99. The summed E-state index contributed by atoms with van der Waals surface area (Å²) in [7, 11) is 0. The summed E-state index contributed by atoms with van der Waals surface area (Å²) in [6, 6.07) is 14.3. The Balaban J connectivity index is 1.35. The summed E-state index contributed by atoms with van der Waals surface area (Å²) in [5.74, 6) is 1.09. The van der Waals surface area contributed by atoms with Gasteiger partial charge in [0.25, 0.3) is 0 Å². The summed E-state index contributed by atoms with van der Waals surface area (Å²) >= 11 is 3.11. The fraction of sp³-hybridized carbons (Fsp3) is 0.350. The molecule has 1 aromatic carbocycles. The molecule has 27 heavy (non-hydrogen) atoms. The number of thiophene rings is 1. The van der Waals surface area contributed by atoms with Crippen LogP contribution in [0.25, 0.3) is 0 Å². The van der Waals surface area contributed by atoms with Crippen LogP contribution in [0, 0.1) is 0 Å². The number of anilines is 1. The van der Waals surface area contributed by atoms with Crippen LogP contribution in [0.15, 0.2) is 47.8 Å². The SMILES string of the molecule is O=C(Cc1cccs1)N1CCCN(c2nc(Cc3ccccc3)ns2)CC1. The number of benzene rings is 1. The first-order valence-corrected chi connectivity index (χ1v) is 10.8. The first-order valence-electron chi connectivity index (χ1n) is 9.19. The summed E-state index contributed by atoms with van der Waals surface area (Å²) in [4.78, 5) is 22.7. The van der Waals surface area contributed by atoms with E-state index in [0.717, 1.165) is 54.9 Å². The van der Waals surface area contributed by atoms with Crippen molar-refractivity contribution in [1.82, 2.24) is 14.3 Å². The fourth-order valence-electron chi connectivity index (χ4n) is 3.26. The van der Waals surface area contributed by atoms with Crippen LogP contribution in [0.2, 0.25) is 0 Å². The molecule has 1 aliphatic rings. The van der Waals surface area contributed by atoms with Gasteiger partial charge < -0.3 is 9.80 Å². The number of carbonyl (C=O) groups is 1. The van der Waals surface area contributed by atoms with E-state index in [1.807, 2.05) is 40.6 Å². The highest BCUT2D eigenvalue weighted by Gasteiger charge is 2.21. The van der Waals surface area contributed by atoms with Crippen molar-refractivity contribution < 1.29 is 4.79 Å². The van der Waals surface area contributed by atoms with Crippen molar-refractivity contribution in [2.45, 2.75) is 19.3 Å². The molecule has 4 rings (SSSR count). The Morgan fingerprint density at radius 2 is 1.93 bits per heavy atom. The molecule has 0 aliphatic carbocycles. The maximum absolute atomic E-state index is 12.6. The van der Waals surface area contributed by atoms with E-state index >= 15 is 0 Å². The number of amides is 1. The van der Waals surface area contributed by atoms with Crippen molar-refractivity contribution in [3.8, 4) is 0 Å². The van der Waals surface area contributed by atoms with E-state index in [-0.39, 0.29) is 5.91 Å². The minimum Gasteiger partial charge on any atom is -0.345 e. The molecule has 0 unspecified atom stereocenters. The van der Waals surface area contributed by atoms with Gasteiger partial charge in [-0.05, 0) is 23.4 Å². The number of carbonyl (C=O) groups excluding carboxylic acids is 1. The standard InChI is InChI=1S/C20H22N4OS2/c25-19(15-17-8-4-13-26-17)23-9-5-10-24(12-11-23)20-21-18(22-27-20)14-16-6-2-1-3-7-16/h1-4,6-8,13H,5,9-12,14-15H2. The Labute approximate surface area is 167 Å². The maximum atomic E-state index is 12.6. The van der Waals surface area contributed by atoms with E-state index in [1.165, 1.54) is 17.1 Å². The van der Waals surface area contributed by atoms with Crippen LogP contribution in [0.3, 0.4) is 0 Å². The zero-order valence-electron chi connectivity index (χ0n) is 15.1. The Bertz CT molecular complexity index is 863. The molecule has 140 valence electrons. The monoisotopic (exact) mass is 398 g/mol. The first-order chi connectivity index (χ1) is 13.3. The highest BCUT2D eigenvalue weighted by Crippen LogP contribution is 2.21. The quantitative estimate of drug-likeness (QED) is 0.660. The van der Waals surface area contributed by atoms with Gasteiger partial charge in [-0.25, -0.2) is 4.98 Å². The summed E-state index contributed by atoms with van der Waals surface area (Å²) < 4.78 is 4.53. The Kier molecular flexibility index (Phi) is 5.79. The number of hydrogen-bond donors (Lipinski definition) is 0. The highest BCUT2D eigenvalue weighted by molar-refractivity contribution is 7.10. The fourth-order valence-corrected chi connectivity index (χ4v) is 4.69. The molecule has 0 atom stereocenters. The van der Waals surface area contributed by atoms with Gasteiger partial charge in [0.15, 0.2) is 0 Å². The number of hydrogen-bond acceptors (Lipinski definition) is 6. The van der Waals surface area contributed by atoms with Gasteiger partial charge in [-0.15, -0.1) is 11.3 Å². The molecule has 3 aromatic rings. The lowest BCUT2D eigenvalue weighted by Gasteiger charge is -2.21. The number of aromatic nitrogens is 2. The van der Waals surface area contributed by atoms with Gasteiger partial charge in [0.1, 0.15) is 5.82 Å². The normalized spacial score (nSPS) is 15.0. The van der Waals surface area contributed by atoms with E-state index in [4.69, 9.17) is 4.98 Å². The van der Waals surface area contributed by atoms with E-state index in [2.05, 4.69) is 21.4 Å². The molecular formula is C20H22N4OS2. The second kappa shape index (κ2) is 8.63.